The molecule has 0 saturated heterocycles. The summed E-state index contributed by atoms with van der Waals surface area (Å²) in [4.78, 5) is 20.2. The molecule has 7 nitrogen and oxygen atoms in total. The molecule has 1 aliphatic rings. The van der Waals surface area contributed by atoms with E-state index in [1.54, 1.807) is 12.1 Å². The predicted octanol–water partition coefficient (Wildman–Crippen LogP) is 5.86. The van der Waals surface area contributed by atoms with Crippen LogP contribution in [0.1, 0.15) is 37.0 Å². The molecule has 0 bridgehead atoms. The third kappa shape index (κ3) is 5.52. The second-order valence-electron chi connectivity index (χ2n) is 9.81. The standard InChI is InChI=1S/C26H23N5O.C4H9N/c1-17(2)12-28-24-11-23(22-14-27-13-20-5-3-4-6-21(20)22)30-31-25(15-29-26(24)31)19-9-7-18(16-32)8-10-19;1-5-4-2-3-4/h3-11,13-17,28H,12H2,1-2H3;4-5H,2-3H2,1H3. The summed E-state index contributed by atoms with van der Waals surface area (Å²) in [5.74, 6) is 0.483. The number of benzene rings is 2. The Balaban J connectivity index is 0.000000503. The molecule has 37 heavy (non-hydrogen) atoms. The van der Waals surface area contributed by atoms with Gasteiger partial charge in [0.2, 0.25) is 0 Å². The first kappa shape index (κ1) is 24.6. The first-order valence-electron chi connectivity index (χ1n) is 12.8. The summed E-state index contributed by atoms with van der Waals surface area (Å²) >= 11 is 0. The van der Waals surface area contributed by atoms with Crippen molar-refractivity contribution in [2.45, 2.75) is 32.7 Å². The molecule has 1 aliphatic carbocycles. The quantitative estimate of drug-likeness (QED) is 0.277. The van der Waals surface area contributed by atoms with Crippen LogP contribution in [-0.2, 0) is 0 Å². The van der Waals surface area contributed by atoms with Gasteiger partial charge in [0, 0.05) is 47.1 Å². The number of aromatic nitrogens is 4. The highest BCUT2D eigenvalue weighted by atomic mass is 16.1. The van der Waals surface area contributed by atoms with E-state index >= 15 is 0 Å². The third-order valence-electron chi connectivity index (χ3n) is 6.44. The smallest absolute Gasteiger partial charge is 0.177 e. The highest BCUT2D eigenvalue weighted by molar-refractivity contribution is 5.95. The summed E-state index contributed by atoms with van der Waals surface area (Å²) in [5.41, 5.74) is 5.91. The molecule has 3 aromatic heterocycles. The van der Waals surface area contributed by atoms with Gasteiger partial charge < -0.3 is 10.6 Å². The molecule has 2 N–H and O–H groups in total. The molecule has 0 spiro atoms. The maximum absolute atomic E-state index is 11.1. The van der Waals surface area contributed by atoms with Gasteiger partial charge in [0.25, 0.3) is 0 Å². The number of pyridine rings is 1. The lowest BCUT2D eigenvalue weighted by atomic mass is 10.1. The van der Waals surface area contributed by atoms with E-state index in [-0.39, 0.29) is 0 Å². The lowest BCUT2D eigenvalue weighted by molar-refractivity contribution is 0.112. The van der Waals surface area contributed by atoms with Crippen molar-refractivity contribution in [1.29, 1.82) is 0 Å². The van der Waals surface area contributed by atoms with E-state index in [4.69, 9.17) is 5.10 Å². The normalized spacial score (nSPS) is 13.0. The monoisotopic (exact) mass is 492 g/mol. The molecule has 1 saturated carbocycles. The first-order valence-corrected chi connectivity index (χ1v) is 12.8. The van der Waals surface area contributed by atoms with Crippen molar-refractivity contribution in [3.63, 3.8) is 0 Å². The van der Waals surface area contributed by atoms with Gasteiger partial charge >= 0.3 is 0 Å². The number of nitrogens with zero attached hydrogens (tertiary/aromatic N) is 4. The third-order valence-corrected chi connectivity index (χ3v) is 6.44. The van der Waals surface area contributed by atoms with Crippen molar-refractivity contribution < 1.29 is 4.79 Å². The van der Waals surface area contributed by atoms with E-state index in [1.807, 2.05) is 60.5 Å². The molecule has 188 valence electrons. The van der Waals surface area contributed by atoms with Gasteiger partial charge in [-0.25, -0.2) is 9.50 Å². The fourth-order valence-corrected chi connectivity index (χ4v) is 4.17. The number of carbonyl (C=O) groups is 1. The Morgan fingerprint density at radius 2 is 1.84 bits per heavy atom. The fraction of sp³-hybridized carbons (Fsp3) is 0.267. The van der Waals surface area contributed by atoms with E-state index in [0.29, 0.717) is 11.5 Å². The van der Waals surface area contributed by atoms with Crippen LogP contribution in [0, 0.1) is 5.92 Å². The average molecular weight is 493 g/mol. The minimum absolute atomic E-state index is 0.483. The number of anilines is 1. The van der Waals surface area contributed by atoms with E-state index in [9.17, 15) is 4.79 Å². The SMILES string of the molecule is CC(C)CNc1cc(-c2cncc3ccccc23)nn2c(-c3ccc(C=O)cc3)cnc12.CNC1CC1. The molecule has 0 radical (unpaired) electrons. The zero-order chi connectivity index (χ0) is 25.8. The zero-order valence-corrected chi connectivity index (χ0v) is 21.5. The second kappa shape index (κ2) is 10.9. The molecule has 0 amide bonds. The van der Waals surface area contributed by atoms with Gasteiger partial charge in [-0.2, -0.15) is 5.10 Å². The molecule has 7 heteroatoms. The lowest BCUT2D eigenvalue weighted by Gasteiger charge is -2.13. The summed E-state index contributed by atoms with van der Waals surface area (Å²) < 4.78 is 1.87. The van der Waals surface area contributed by atoms with Crippen molar-refractivity contribution in [3.05, 3.63) is 78.8 Å². The lowest BCUT2D eigenvalue weighted by Crippen LogP contribution is -2.10. The summed E-state index contributed by atoms with van der Waals surface area (Å²) in [7, 11) is 2.01. The van der Waals surface area contributed by atoms with Crippen LogP contribution in [0.15, 0.2) is 73.2 Å². The van der Waals surface area contributed by atoms with Crippen LogP contribution < -0.4 is 10.6 Å². The Morgan fingerprint density at radius 1 is 1.05 bits per heavy atom. The van der Waals surface area contributed by atoms with Crippen molar-refractivity contribution in [1.82, 2.24) is 24.9 Å². The summed E-state index contributed by atoms with van der Waals surface area (Å²) in [6, 6.07) is 18.6. The van der Waals surface area contributed by atoms with E-state index < -0.39 is 0 Å². The molecular weight excluding hydrogens is 460 g/mol. The Hall–Kier alpha value is -4.10. The largest absolute Gasteiger partial charge is 0.382 e. The molecule has 0 atom stereocenters. The van der Waals surface area contributed by atoms with E-state index in [1.165, 1.54) is 12.8 Å². The van der Waals surface area contributed by atoms with Crippen LogP contribution in [0.2, 0.25) is 0 Å². The van der Waals surface area contributed by atoms with Crippen LogP contribution in [0.3, 0.4) is 0 Å². The number of rotatable bonds is 7. The van der Waals surface area contributed by atoms with Crippen LogP contribution in [0.5, 0.6) is 0 Å². The molecule has 0 unspecified atom stereocenters. The number of hydrogen-bond acceptors (Lipinski definition) is 6. The van der Waals surface area contributed by atoms with Gasteiger partial charge in [-0.3, -0.25) is 9.78 Å². The number of imidazole rings is 1. The molecule has 0 aliphatic heterocycles. The Labute approximate surface area is 217 Å². The molecule has 5 aromatic rings. The highest BCUT2D eigenvalue weighted by Gasteiger charge is 2.17. The van der Waals surface area contributed by atoms with Gasteiger partial charge in [-0.05, 0) is 37.3 Å². The van der Waals surface area contributed by atoms with Crippen molar-refractivity contribution in [2.24, 2.45) is 5.92 Å². The Bertz CT molecular complexity index is 1510. The highest BCUT2D eigenvalue weighted by Crippen LogP contribution is 2.31. The number of carbonyl (C=O) groups excluding carboxylic acids is 1. The molecule has 2 aromatic carbocycles. The van der Waals surface area contributed by atoms with E-state index in [0.717, 1.165) is 63.5 Å². The van der Waals surface area contributed by atoms with E-state index in [2.05, 4.69) is 46.6 Å². The van der Waals surface area contributed by atoms with Crippen molar-refractivity contribution in [2.75, 3.05) is 18.9 Å². The van der Waals surface area contributed by atoms with Gasteiger partial charge in [0.15, 0.2) is 5.65 Å². The molecular formula is C30H32N6O. The van der Waals surface area contributed by atoms with Crippen LogP contribution >= 0.6 is 0 Å². The molecule has 1 fully saturated rings. The van der Waals surface area contributed by atoms with Gasteiger partial charge in [-0.1, -0.05) is 62.4 Å². The Morgan fingerprint density at radius 3 is 2.51 bits per heavy atom. The van der Waals surface area contributed by atoms with Crippen LogP contribution in [-0.4, -0.2) is 45.5 Å². The minimum Gasteiger partial charge on any atom is -0.382 e. The molecule has 3 heterocycles. The average Bonchev–Trinajstić information content (AvgIpc) is 3.69. The van der Waals surface area contributed by atoms with Gasteiger partial charge in [-0.15, -0.1) is 0 Å². The number of nitrogens with one attached hydrogen (secondary N) is 2. The van der Waals surface area contributed by atoms with Gasteiger partial charge in [0.1, 0.15) is 6.29 Å². The van der Waals surface area contributed by atoms with Crippen LogP contribution in [0.4, 0.5) is 5.69 Å². The van der Waals surface area contributed by atoms with Crippen molar-refractivity contribution in [3.8, 4) is 22.5 Å². The second-order valence-corrected chi connectivity index (χ2v) is 9.81. The first-order chi connectivity index (χ1) is 18.1. The predicted molar refractivity (Wildman–Crippen MR) is 150 cm³/mol. The van der Waals surface area contributed by atoms with Gasteiger partial charge in [0.05, 0.1) is 23.3 Å². The number of aldehydes is 1. The molecule has 6 rings (SSSR count). The number of fused-ring (bicyclic) bond motifs is 2. The maximum atomic E-state index is 11.1. The topological polar surface area (TPSA) is 84.2 Å². The fourth-order valence-electron chi connectivity index (χ4n) is 4.17. The summed E-state index contributed by atoms with van der Waals surface area (Å²) in [6.45, 7) is 5.17. The van der Waals surface area contributed by atoms with Crippen LogP contribution in [0.25, 0.3) is 38.9 Å². The maximum Gasteiger partial charge on any atom is 0.177 e. The summed E-state index contributed by atoms with van der Waals surface area (Å²) in [6.07, 6.45) is 9.19. The summed E-state index contributed by atoms with van der Waals surface area (Å²) in [5, 5.41) is 13.8. The number of hydrogen-bond donors (Lipinski definition) is 2. The Kier molecular flexibility index (Phi) is 7.23. The minimum atomic E-state index is 0.483. The zero-order valence-electron chi connectivity index (χ0n) is 21.5. The van der Waals surface area contributed by atoms with Crippen molar-refractivity contribution >= 4 is 28.4 Å².